The molecule has 7 heteroatoms. The molecule has 0 saturated carbocycles. The number of ether oxygens (including phenoxy) is 1. The Morgan fingerprint density at radius 2 is 1.96 bits per heavy atom. The number of nitriles is 1. The molecule has 1 amide bonds. The van der Waals surface area contributed by atoms with Gasteiger partial charge in [0.15, 0.2) is 0 Å². The van der Waals surface area contributed by atoms with E-state index in [4.69, 9.17) is 4.74 Å². The number of hydrogen-bond donors (Lipinski definition) is 2. The average Bonchev–Trinajstić information content (AvgIpc) is 2.64. The van der Waals surface area contributed by atoms with Crippen molar-refractivity contribution >= 4 is 39.2 Å². The van der Waals surface area contributed by atoms with Gasteiger partial charge in [0.2, 0.25) is 0 Å². The molecule has 0 bridgehead atoms. The summed E-state index contributed by atoms with van der Waals surface area (Å²) >= 11 is 3.42. The molecule has 0 unspecified atom stereocenters. The van der Waals surface area contributed by atoms with Crippen LogP contribution in [0.2, 0.25) is 0 Å². The third-order valence-electron chi connectivity index (χ3n) is 3.53. The quantitative estimate of drug-likeness (QED) is 0.405. The fourth-order valence-corrected chi connectivity index (χ4v) is 2.81. The van der Waals surface area contributed by atoms with E-state index in [1.165, 1.54) is 6.20 Å². The van der Waals surface area contributed by atoms with Crippen LogP contribution in [0.15, 0.2) is 58.7 Å². The van der Waals surface area contributed by atoms with Crippen molar-refractivity contribution in [1.82, 2.24) is 0 Å². The number of para-hydroxylation sites is 1. The second kappa shape index (κ2) is 9.55. The predicted molar refractivity (Wildman–Crippen MR) is 107 cm³/mol. The second-order valence-electron chi connectivity index (χ2n) is 5.52. The largest absolute Gasteiger partial charge is 0.462 e. The topological polar surface area (TPSA) is 91.2 Å². The van der Waals surface area contributed by atoms with Crippen LogP contribution >= 0.6 is 15.9 Å². The molecule has 2 aromatic rings. The lowest BCUT2D eigenvalue weighted by Gasteiger charge is -2.10. The molecule has 138 valence electrons. The lowest BCUT2D eigenvalue weighted by atomic mass is 10.1. The van der Waals surface area contributed by atoms with Gasteiger partial charge in [-0.3, -0.25) is 4.79 Å². The van der Waals surface area contributed by atoms with E-state index in [0.717, 1.165) is 10.0 Å². The van der Waals surface area contributed by atoms with Gasteiger partial charge < -0.3 is 15.4 Å². The molecule has 0 atom stereocenters. The first-order valence-corrected chi connectivity index (χ1v) is 8.96. The fraction of sp³-hybridized carbons (Fsp3) is 0.150. The molecule has 0 fully saturated rings. The van der Waals surface area contributed by atoms with Gasteiger partial charge in [0, 0.05) is 10.7 Å². The number of carbonyl (C=O) groups excluding carboxylic acids is 2. The smallest absolute Gasteiger partial charge is 0.340 e. The molecule has 2 rings (SSSR count). The Bertz CT molecular complexity index is 932. The number of aryl methyl sites for hydroxylation is 1. The summed E-state index contributed by atoms with van der Waals surface area (Å²) < 4.78 is 5.79. The van der Waals surface area contributed by atoms with Gasteiger partial charge >= 0.3 is 5.97 Å². The van der Waals surface area contributed by atoms with Gasteiger partial charge in [0.1, 0.15) is 11.6 Å². The van der Waals surface area contributed by atoms with Crippen LogP contribution in [0.3, 0.4) is 0 Å². The summed E-state index contributed by atoms with van der Waals surface area (Å²) in [5, 5.41) is 14.8. The highest BCUT2D eigenvalue weighted by Gasteiger charge is 2.16. The van der Waals surface area contributed by atoms with Crippen LogP contribution in [-0.4, -0.2) is 18.5 Å². The number of nitrogens with one attached hydrogen (secondary N) is 2. The monoisotopic (exact) mass is 427 g/mol. The lowest BCUT2D eigenvalue weighted by Crippen LogP contribution is -2.17. The van der Waals surface area contributed by atoms with E-state index in [-0.39, 0.29) is 23.4 Å². The van der Waals surface area contributed by atoms with Crippen LogP contribution in [-0.2, 0) is 9.53 Å². The Hall–Kier alpha value is -3.11. The number of halogens is 1. The van der Waals surface area contributed by atoms with Crippen molar-refractivity contribution in [2.45, 2.75) is 13.8 Å². The van der Waals surface area contributed by atoms with E-state index < -0.39 is 11.9 Å². The Morgan fingerprint density at radius 3 is 2.63 bits per heavy atom. The molecule has 0 heterocycles. The maximum Gasteiger partial charge on any atom is 0.340 e. The standard InChI is InChI=1S/C20H18BrN3O3/c1-3-27-20(26)15-6-4-5-7-17(15)24-19(25)14(11-22)12-23-18-9-8-13(2)10-16(18)21/h4-10,12,23H,3H2,1-2H3,(H,24,25)/b14-12-. The van der Waals surface area contributed by atoms with Crippen molar-refractivity contribution in [2.75, 3.05) is 17.2 Å². The number of hydrogen-bond acceptors (Lipinski definition) is 5. The first kappa shape index (κ1) is 20.2. The average molecular weight is 428 g/mol. The van der Waals surface area contributed by atoms with Gasteiger partial charge in [-0.1, -0.05) is 18.2 Å². The van der Waals surface area contributed by atoms with E-state index in [9.17, 15) is 14.9 Å². The van der Waals surface area contributed by atoms with Crippen molar-refractivity contribution in [3.63, 3.8) is 0 Å². The zero-order valence-corrected chi connectivity index (χ0v) is 16.5. The molecule has 27 heavy (non-hydrogen) atoms. The summed E-state index contributed by atoms with van der Waals surface area (Å²) in [6, 6.07) is 14.0. The van der Waals surface area contributed by atoms with Gasteiger partial charge in [-0.2, -0.15) is 5.26 Å². The molecule has 0 saturated heterocycles. The van der Waals surface area contributed by atoms with E-state index in [0.29, 0.717) is 5.69 Å². The maximum absolute atomic E-state index is 12.4. The highest BCUT2D eigenvalue weighted by atomic mass is 79.9. The second-order valence-corrected chi connectivity index (χ2v) is 6.37. The van der Waals surface area contributed by atoms with Crippen molar-refractivity contribution in [1.29, 1.82) is 5.26 Å². The molecule has 6 nitrogen and oxygen atoms in total. The number of benzene rings is 2. The Morgan fingerprint density at radius 1 is 1.22 bits per heavy atom. The summed E-state index contributed by atoms with van der Waals surface area (Å²) in [4.78, 5) is 24.4. The summed E-state index contributed by atoms with van der Waals surface area (Å²) in [7, 11) is 0. The first-order chi connectivity index (χ1) is 13.0. The van der Waals surface area contributed by atoms with Gasteiger partial charge in [0.05, 0.1) is 23.5 Å². The Labute approximate surface area is 166 Å². The third kappa shape index (κ3) is 5.43. The molecule has 0 aromatic heterocycles. The number of nitrogens with zero attached hydrogens (tertiary/aromatic N) is 1. The minimum Gasteiger partial charge on any atom is -0.462 e. The third-order valence-corrected chi connectivity index (χ3v) is 4.19. The number of anilines is 2. The number of rotatable bonds is 6. The SMILES string of the molecule is CCOC(=O)c1ccccc1NC(=O)/C(C#N)=C\Nc1ccc(C)cc1Br. The fourth-order valence-electron chi connectivity index (χ4n) is 2.20. The number of amides is 1. The van der Waals surface area contributed by atoms with Gasteiger partial charge in [-0.25, -0.2) is 4.79 Å². The summed E-state index contributed by atoms with van der Waals surface area (Å²) in [6.45, 7) is 3.88. The van der Waals surface area contributed by atoms with Crippen molar-refractivity contribution < 1.29 is 14.3 Å². The number of carbonyl (C=O) groups is 2. The molecule has 0 radical (unpaired) electrons. The van der Waals surface area contributed by atoms with Crippen molar-refractivity contribution in [3.8, 4) is 6.07 Å². The highest BCUT2D eigenvalue weighted by molar-refractivity contribution is 9.10. The normalized spacial score (nSPS) is 10.7. The van der Waals surface area contributed by atoms with Crippen LogP contribution in [0.4, 0.5) is 11.4 Å². The molecule has 0 aliphatic rings. The van der Waals surface area contributed by atoms with Crippen LogP contribution in [0, 0.1) is 18.3 Å². The highest BCUT2D eigenvalue weighted by Crippen LogP contribution is 2.23. The molecule has 2 aromatic carbocycles. The zero-order chi connectivity index (χ0) is 19.8. The molecule has 0 aliphatic heterocycles. The van der Waals surface area contributed by atoms with Crippen LogP contribution in [0.25, 0.3) is 0 Å². The van der Waals surface area contributed by atoms with E-state index in [1.54, 1.807) is 31.2 Å². The molecule has 2 N–H and O–H groups in total. The summed E-state index contributed by atoms with van der Waals surface area (Å²) in [6.07, 6.45) is 1.32. The van der Waals surface area contributed by atoms with Gasteiger partial charge in [0.25, 0.3) is 5.91 Å². The van der Waals surface area contributed by atoms with Crippen LogP contribution in [0.1, 0.15) is 22.8 Å². The van der Waals surface area contributed by atoms with Crippen molar-refractivity contribution in [2.24, 2.45) is 0 Å². The Kier molecular flexibility index (Phi) is 7.15. The maximum atomic E-state index is 12.4. The molecule has 0 spiro atoms. The number of esters is 1. The van der Waals surface area contributed by atoms with Gasteiger partial charge in [-0.05, 0) is 59.6 Å². The van der Waals surface area contributed by atoms with Crippen molar-refractivity contribution in [3.05, 3.63) is 69.8 Å². The molecular formula is C20H18BrN3O3. The van der Waals surface area contributed by atoms with E-state index >= 15 is 0 Å². The first-order valence-electron chi connectivity index (χ1n) is 8.16. The molecular weight excluding hydrogens is 410 g/mol. The minimum absolute atomic E-state index is 0.138. The Balaban J connectivity index is 2.18. The summed E-state index contributed by atoms with van der Waals surface area (Å²) in [5.41, 5.74) is 2.15. The minimum atomic E-state index is -0.634. The van der Waals surface area contributed by atoms with Gasteiger partial charge in [-0.15, -0.1) is 0 Å². The van der Waals surface area contributed by atoms with Crippen LogP contribution < -0.4 is 10.6 Å². The lowest BCUT2D eigenvalue weighted by molar-refractivity contribution is -0.112. The van der Waals surface area contributed by atoms with E-state index in [1.807, 2.05) is 31.2 Å². The zero-order valence-electron chi connectivity index (χ0n) is 14.9. The summed E-state index contributed by atoms with van der Waals surface area (Å²) in [5.74, 6) is -1.18. The van der Waals surface area contributed by atoms with E-state index in [2.05, 4.69) is 26.6 Å². The van der Waals surface area contributed by atoms with Crippen LogP contribution in [0.5, 0.6) is 0 Å². The molecule has 0 aliphatic carbocycles. The predicted octanol–water partition coefficient (Wildman–Crippen LogP) is 4.39.